The minimum absolute atomic E-state index is 0.00735. The van der Waals surface area contributed by atoms with Crippen LogP contribution in [0.3, 0.4) is 0 Å². The van der Waals surface area contributed by atoms with Gasteiger partial charge in [0.05, 0.1) is 18.0 Å². The normalized spacial score (nSPS) is 27.8. The van der Waals surface area contributed by atoms with Crippen LogP contribution in [0.2, 0.25) is 0 Å². The van der Waals surface area contributed by atoms with E-state index in [0.29, 0.717) is 19.0 Å². The number of esters is 1. The first-order valence-electron chi connectivity index (χ1n) is 9.50. The Kier molecular flexibility index (Phi) is 4.42. The third-order valence-corrected chi connectivity index (χ3v) is 5.81. The molecule has 2 fully saturated rings. The van der Waals surface area contributed by atoms with Gasteiger partial charge in [0.2, 0.25) is 5.91 Å². The summed E-state index contributed by atoms with van der Waals surface area (Å²) in [6.07, 6.45) is 5.07. The van der Waals surface area contributed by atoms with Crippen LogP contribution in [0.5, 0.6) is 0 Å². The van der Waals surface area contributed by atoms with Gasteiger partial charge in [0.25, 0.3) is 0 Å². The summed E-state index contributed by atoms with van der Waals surface area (Å²) >= 11 is 0. The quantitative estimate of drug-likeness (QED) is 0.799. The van der Waals surface area contributed by atoms with Crippen LogP contribution in [-0.4, -0.2) is 52.0 Å². The van der Waals surface area contributed by atoms with E-state index in [0.717, 1.165) is 49.4 Å². The number of hydrogen-bond acceptors (Lipinski definition) is 6. The van der Waals surface area contributed by atoms with Gasteiger partial charge in [-0.3, -0.25) is 9.59 Å². The maximum Gasteiger partial charge on any atom is 0.307 e. The second-order valence-electron chi connectivity index (χ2n) is 8.09. The highest BCUT2D eigenvalue weighted by Crippen LogP contribution is 2.35. The Morgan fingerprint density at radius 3 is 2.96 bits per heavy atom. The van der Waals surface area contributed by atoms with E-state index < -0.39 is 11.5 Å². The van der Waals surface area contributed by atoms with Gasteiger partial charge in [-0.15, -0.1) is 0 Å². The van der Waals surface area contributed by atoms with Crippen molar-refractivity contribution in [2.45, 2.75) is 57.6 Å². The SMILES string of the molecule is CC1(C)OC(=O)C[C@H]1C(=O)N1CCc2nc([C@H]3CCCNC3)ncc2C1. The highest BCUT2D eigenvalue weighted by atomic mass is 16.6. The van der Waals surface area contributed by atoms with Gasteiger partial charge in [-0.05, 0) is 33.2 Å². The molecule has 0 saturated carbocycles. The predicted octanol–water partition coefficient (Wildman–Crippen LogP) is 1.17. The van der Waals surface area contributed by atoms with E-state index in [1.807, 2.05) is 24.9 Å². The summed E-state index contributed by atoms with van der Waals surface area (Å²) in [6.45, 7) is 6.78. The lowest BCUT2D eigenvalue weighted by atomic mass is 9.88. The summed E-state index contributed by atoms with van der Waals surface area (Å²) in [7, 11) is 0. The Balaban J connectivity index is 1.48. The number of hydrogen-bond donors (Lipinski definition) is 1. The molecule has 2 saturated heterocycles. The topological polar surface area (TPSA) is 84.4 Å². The van der Waals surface area contributed by atoms with Gasteiger partial charge in [-0.1, -0.05) is 0 Å². The lowest BCUT2D eigenvalue weighted by Gasteiger charge is -2.33. The molecule has 0 bridgehead atoms. The van der Waals surface area contributed by atoms with Gasteiger partial charge >= 0.3 is 5.97 Å². The number of cyclic esters (lactones) is 1. The summed E-state index contributed by atoms with van der Waals surface area (Å²) in [5, 5.41) is 3.41. The van der Waals surface area contributed by atoms with Gasteiger partial charge in [0, 0.05) is 43.7 Å². The Morgan fingerprint density at radius 2 is 2.27 bits per heavy atom. The molecule has 1 N–H and O–H groups in total. The molecule has 4 heterocycles. The van der Waals surface area contributed by atoms with Crippen LogP contribution in [-0.2, 0) is 27.3 Å². The molecule has 0 unspecified atom stereocenters. The Hall–Kier alpha value is -2.02. The van der Waals surface area contributed by atoms with Crippen LogP contribution in [0.25, 0.3) is 0 Å². The highest BCUT2D eigenvalue weighted by Gasteiger charge is 2.47. The molecule has 1 aromatic heterocycles. The molecule has 140 valence electrons. The predicted molar refractivity (Wildman–Crippen MR) is 94.3 cm³/mol. The first-order valence-corrected chi connectivity index (χ1v) is 9.50. The number of amides is 1. The Bertz CT molecular complexity index is 727. The number of ether oxygens (including phenoxy) is 1. The molecule has 4 rings (SSSR count). The average molecular weight is 358 g/mol. The van der Waals surface area contributed by atoms with Crippen LogP contribution in [0.4, 0.5) is 0 Å². The molecular weight excluding hydrogens is 332 g/mol. The summed E-state index contributed by atoms with van der Waals surface area (Å²) in [4.78, 5) is 35.8. The van der Waals surface area contributed by atoms with Crippen molar-refractivity contribution < 1.29 is 14.3 Å². The van der Waals surface area contributed by atoms with Crippen molar-refractivity contribution >= 4 is 11.9 Å². The number of carbonyl (C=O) groups excluding carboxylic acids is 2. The van der Waals surface area contributed by atoms with Crippen molar-refractivity contribution in [3.05, 3.63) is 23.3 Å². The fourth-order valence-corrected chi connectivity index (χ4v) is 4.21. The average Bonchev–Trinajstić information content (AvgIpc) is 2.93. The summed E-state index contributed by atoms with van der Waals surface area (Å²) in [6, 6.07) is 0. The molecular formula is C19H26N4O3. The number of rotatable bonds is 2. The molecule has 26 heavy (non-hydrogen) atoms. The van der Waals surface area contributed by atoms with Gasteiger partial charge in [-0.2, -0.15) is 0 Å². The van der Waals surface area contributed by atoms with Crippen molar-refractivity contribution in [2.75, 3.05) is 19.6 Å². The Morgan fingerprint density at radius 1 is 1.42 bits per heavy atom. The van der Waals surface area contributed by atoms with E-state index >= 15 is 0 Å². The van der Waals surface area contributed by atoms with E-state index in [1.165, 1.54) is 0 Å². The molecule has 0 spiro atoms. The molecule has 7 heteroatoms. The molecule has 0 aromatic carbocycles. The summed E-state index contributed by atoms with van der Waals surface area (Å²) in [5.41, 5.74) is 1.34. The lowest BCUT2D eigenvalue weighted by molar-refractivity contribution is -0.149. The molecule has 3 aliphatic heterocycles. The fourth-order valence-electron chi connectivity index (χ4n) is 4.21. The number of carbonyl (C=O) groups is 2. The van der Waals surface area contributed by atoms with Gasteiger partial charge in [0.15, 0.2) is 0 Å². The highest BCUT2D eigenvalue weighted by molar-refractivity contribution is 5.87. The monoisotopic (exact) mass is 358 g/mol. The molecule has 2 atom stereocenters. The van der Waals surface area contributed by atoms with Crippen molar-refractivity contribution in [1.82, 2.24) is 20.2 Å². The maximum atomic E-state index is 12.9. The number of nitrogens with one attached hydrogen (secondary N) is 1. The number of nitrogens with zero attached hydrogens (tertiary/aromatic N) is 3. The van der Waals surface area contributed by atoms with E-state index in [1.54, 1.807) is 0 Å². The molecule has 1 amide bonds. The number of aromatic nitrogens is 2. The lowest BCUT2D eigenvalue weighted by Crippen LogP contribution is -2.45. The minimum atomic E-state index is -0.733. The second-order valence-corrected chi connectivity index (χ2v) is 8.09. The largest absolute Gasteiger partial charge is 0.459 e. The van der Waals surface area contributed by atoms with Crippen molar-refractivity contribution in [2.24, 2.45) is 5.92 Å². The van der Waals surface area contributed by atoms with Crippen LogP contribution in [0.1, 0.15) is 56.1 Å². The zero-order valence-corrected chi connectivity index (χ0v) is 15.5. The zero-order valence-electron chi connectivity index (χ0n) is 15.5. The first kappa shape index (κ1) is 17.4. The van der Waals surface area contributed by atoms with E-state index in [-0.39, 0.29) is 18.3 Å². The molecule has 3 aliphatic rings. The number of fused-ring (bicyclic) bond motifs is 1. The van der Waals surface area contributed by atoms with Gasteiger partial charge in [-0.25, -0.2) is 9.97 Å². The van der Waals surface area contributed by atoms with Crippen molar-refractivity contribution in [3.8, 4) is 0 Å². The molecule has 1 aromatic rings. The van der Waals surface area contributed by atoms with Crippen molar-refractivity contribution in [1.29, 1.82) is 0 Å². The Labute approximate surface area is 153 Å². The maximum absolute atomic E-state index is 12.9. The standard InChI is InChI=1S/C19H26N4O3/c1-19(2)14(8-16(24)26-19)18(25)23-7-5-15-13(11-23)10-21-17(22-15)12-4-3-6-20-9-12/h10,12,14,20H,3-9,11H2,1-2H3/t12-,14-/m0/s1. The van der Waals surface area contributed by atoms with E-state index in [2.05, 4.69) is 10.3 Å². The zero-order chi connectivity index (χ0) is 18.3. The van der Waals surface area contributed by atoms with Crippen LogP contribution < -0.4 is 5.32 Å². The molecule has 7 nitrogen and oxygen atoms in total. The van der Waals surface area contributed by atoms with Gasteiger partial charge < -0.3 is 15.0 Å². The summed E-state index contributed by atoms with van der Waals surface area (Å²) < 4.78 is 5.31. The van der Waals surface area contributed by atoms with Crippen LogP contribution in [0.15, 0.2) is 6.20 Å². The first-order chi connectivity index (χ1) is 12.4. The van der Waals surface area contributed by atoms with Gasteiger partial charge in [0.1, 0.15) is 11.4 Å². The molecule has 0 radical (unpaired) electrons. The smallest absolute Gasteiger partial charge is 0.307 e. The van der Waals surface area contributed by atoms with Crippen LogP contribution in [0, 0.1) is 5.92 Å². The number of piperidine rings is 1. The fraction of sp³-hybridized carbons (Fsp3) is 0.684. The third kappa shape index (κ3) is 3.20. The third-order valence-electron chi connectivity index (χ3n) is 5.81. The molecule has 0 aliphatic carbocycles. The minimum Gasteiger partial charge on any atom is -0.459 e. The summed E-state index contributed by atoms with van der Waals surface area (Å²) in [5.74, 6) is 0.597. The second kappa shape index (κ2) is 6.61. The van der Waals surface area contributed by atoms with Crippen molar-refractivity contribution in [3.63, 3.8) is 0 Å². The van der Waals surface area contributed by atoms with E-state index in [4.69, 9.17) is 9.72 Å². The van der Waals surface area contributed by atoms with E-state index in [9.17, 15) is 9.59 Å². The van der Waals surface area contributed by atoms with Crippen LogP contribution >= 0.6 is 0 Å².